The lowest BCUT2D eigenvalue weighted by atomic mass is 10.2. The van der Waals surface area contributed by atoms with Crippen LogP contribution >= 0.6 is 0 Å². The van der Waals surface area contributed by atoms with Gasteiger partial charge in [-0.25, -0.2) is 0 Å². The molecular weight excluding hydrogens is 224 g/mol. The van der Waals surface area contributed by atoms with E-state index in [0.717, 1.165) is 22.6 Å². The first kappa shape index (κ1) is 12.1. The second-order valence-corrected chi connectivity index (χ2v) is 4.16. The Hall–Kier alpha value is -2.36. The Bertz CT molecular complexity index is 535. The molecule has 1 heterocycles. The Balaban J connectivity index is 2.20. The number of rotatable bonds is 2. The summed E-state index contributed by atoms with van der Waals surface area (Å²) in [5, 5.41) is 8.47. The summed E-state index contributed by atoms with van der Waals surface area (Å²) < 4.78 is 0. The van der Waals surface area contributed by atoms with Gasteiger partial charge in [0.25, 0.3) is 0 Å². The number of benzene rings is 1. The van der Waals surface area contributed by atoms with Gasteiger partial charge >= 0.3 is 0 Å². The first-order valence-electron chi connectivity index (χ1n) is 5.71. The molecule has 1 aromatic rings. The van der Waals surface area contributed by atoms with Gasteiger partial charge in [0, 0.05) is 25.1 Å². The van der Waals surface area contributed by atoms with Crippen LogP contribution in [0.2, 0.25) is 0 Å². The number of azo groups is 1. The number of nitrogens with two attached hydrogens (primary N) is 1. The number of anilines is 1. The Morgan fingerprint density at radius 1 is 1.11 bits per heavy atom. The molecule has 4 nitrogen and oxygen atoms in total. The summed E-state index contributed by atoms with van der Waals surface area (Å²) in [6.45, 7) is 2.01. The van der Waals surface area contributed by atoms with Crippen LogP contribution in [0.15, 0.2) is 70.3 Å². The smallest absolute Gasteiger partial charge is 0.105 e. The third-order valence-corrected chi connectivity index (χ3v) is 2.56. The van der Waals surface area contributed by atoms with Crippen LogP contribution in [0.25, 0.3) is 0 Å². The Labute approximate surface area is 107 Å². The van der Waals surface area contributed by atoms with Gasteiger partial charge in [-0.2, -0.15) is 5.11 Å². The van der Waals surface area contributed by atoms with Crippen molar-refractivity contribution in [1.29, 1.82) is 0 Å². The van der Waals surface area contributed by atoms with E-state index in [-0.39, 0.29) is 0 Å². The fraction of sp³-hybridized carbons (Fsp3) is 0.143. The van der Waals surface area contributed by atoms with Crippen LogP contribution in [0.3, 0.4) is 0 Å². The molecule has 0 fully saturated rings. The fourth-order valence-corrected chi connectivity index (χ4v) is 1.50. The molecule has 0 radical (unpaired) electrons. The van der Waals surface area contributed by atoms with Gasteiger partial charge in [-0.3, -0.25) is 0 Å². The average Bonchev–Trinajstić information content (AvgIpc) is 2.51. The predicted molar refractivity (Wildman–Crippen MR) is 74.1 cm³/mol. The summed E-state index contributed by atoms with van der Waals surface area (Å²) in [6.07, 6.45) is 7.90. The molecule has 18 heavy (non-hydrogen) atoms. The highest BCUT2D eigenvalue weighted by atomic mass is 15.1. The van der Waals surface area contributed by atoms with Crippen molar-refractivity contribution in [2.75, 3.05) is 12.8 Å². The van der Waals surface area contributed by atoms with Crippen molar-refractivity contribution >= 4 is 11.4 Å². The van der Waals surface area contributed by atoms with Gasteiger partial charge in [0.05, 0.1) is 5.69 Å². The van der Waals surface area contributed by atoms with E-state index in [1.54, 1.807) is 0 Å². The highest BCUT2D eigenvalue weighted by molar-refractivity contribution is 5.47. The molecule has 0 atom stereocenters. The summed E-state index contributed by atoms with van der Waals surface area (Å²) in [6, 6.07) is 7.31. The largest absolute Gasteiger partial charge is 0.399 e. The van der Waals surface area contributed by atoms with Crippen LogP contribution in [-0.2, 0) is 0 Å². The molecule has 0 saturated heterocycles. The highest BCUT2D eigenvalue weighted by Crippen LogP contribution is 2.20. The van der Waals surface area contributed by atoms with E-state index in [2.05, 4.69) is 10.2 Å². The van der Waals surface area contributed by atoms with Crippen LogP contribution in [0, 0.1) is 0 Å². The van der Waals surface area contributed by atoms with Crippen molar-refractivity contribution in [3.05, 3.63) is 60.1 Å². The lowest BCUT2D eigenvalue weighted by molar-refractivity contribution is 0.620. The molecule has 2 rings (SSSR count). The molecule has 0 spiro atoms. The fourth-order valence-electron chi connectivity index (χ4n) is 1.50. The van der Waals surface area contributed by atoms with Crippen LogP contribution in [0.1, 0.15) is 6.92 Å². The SMILES string of the molecule is CC1=CC=CN(C)C=C1N=Nc1ccc(N)cc1. The average molecular weight is 240 g/mol. The molecule has 0 aliphatic carbocycles. The van der Waals surface area contributed by atoms with E-state index >= 15 is 0 Å². The molecule has 2 N–H and O–H groups in total. The van der Waals surface area contributed by atoms with Gasteiger partial charge in [0.15, 0.2) is 0 Å². The number of hydrogen-bond acceptors (Lipinski definition) is 4. The normalized spacial score (nSPS) is 15.6. The molecule has 4 heteroatoms. The summed E-state index contributed by atoms with van der Waals surface area (Å²) >= 11 is 0. The van der Waals surface area contributed by atoms with Crippen molar-refractivity contribution in [3.63, 3.8) is 0 Å². The molecule has 0 saturated carbocycles. The lowest BCUT2D eigenvalue weighted by Gasteiger charge is -2.06. The number of nitrogens with zero attached hydrogens (tertiary/aromatic N) is 3. The van der Waals surface area contributed by atoms with Crippen LogP contribution in [0.4, 0.5) is 11.4 Å². The molecule has 0 amide bonds. The van der Waals surface area contributed by atoms with Gasteiger partial charge in [-0.15, -0.1) is 5.11 Å². The molecule has 0 aromatic heterocycles. The predicted octanol–water partition coefficient (Wildman–Crippen LogP) is 3.60. The third-order valence-electron chi connectivity index (χ3n) is 2.56. The van der Waals surface area contributed by atoms with Gasteiger partial charge in [-0.05, 0) is 42.8 Å². The van der Waals surface area contributed by atoms with Crippen LogP contribution in [0.5, 0.6) is 0 Å². The van der Waals surface area contributed by atoms with Gasteiger partial charge < -0.3 is 10.6 Å². The topological polar surface area (TPSA) is 54.0 Å². The quantitative estimate of drug-likeness (QED) is 0.634. The van der Waals surface area contributed by atoms with E-state index in [4.69, 9.17) is 5.73 Å². The second kappa shape index (κ2) is 5.31. The summed E-state index contributed by atoms with van der Waals surface area (Å²) in [7, 11) is 1.96. The van der Waals surface area contributed by atoms with E-state index in [1.165, 1.54) is 0 Å². The minimum absolute atomic E-state index is 0.725. The second-order valence-electron chi connectivity index (χ2n) is 4.16. The van der Waals surface area contributed by atoms with Crippen molar-refractivity contribution < 1.29 is 0 Å². The molecule has 1 aliphatic rings. The van der Waals surface area contributed by atoms with Gasteiger partial charge in [0.1, 0.15) is 5.70 Å². The lowest BCUT2D eigenvalue weighted by Crippen LogP contribution is -2.00. The Kier molecular flexibility index (Phi) is 3.57. The maximum Gasteiger partial charge on any atom is 0.105 e. The summed E-state index contributed by atoms with van der Waals surface area (Å²) in [5.41, 5.74) is 9.06. The molecule has 1 aliphatic heterocycles. The van der Waals surface area contributed by atoms with Gasteiger partial charge in [0.2, 0.25) is 0 Å². The molecule has 0 bridgehead atoms. The van der Waals surface area contributed by atoms with E-state index < -0.39 is 0 Å². The number of nitrogen functional groups attached to an aromatic ring is 1. The Morgan fingerprint density at radius 3 is 2.56 bits per heavy atom. The zero-order valence-electron chi connectivity index (χ0n) is 10.5. The van der Waals surface area contributed by atoms with E-state index in [9.17, 15) is 0 Å². The van der Waals surface area contributed by atoms with E-state index in [1.807, 2.05) is 67.7 Å². The maximum absolute atomic E-state index is 5.62. The minimum atomic E-state index is 0.725. The Morgan fingerprint density at radius 2 is 1.83 bits per heavy atom. The maximum atomic E-state index is 5.62. The zero-order chi connectivity index (χ0) is 13.0. The standard InChI is InChI=1S/C14H16N4/c1-11-4-3-9-18(2)10-14(11)17-16-13-7-5-12(15)6-8-13/h3-10H,15H2,1-2H3. The van der Waals surface area contributed by atoms with Crippen LogP contribution < -0.4 is 5.73 Å². The third kappa shape index (κ3) is 3.07. The summed E-state index contributed by atoms with van der Waals surface area (Å²) in [5.74, 6) is 0. The highest BCUT2D eigenvalue weighted by Gasteiger charge is 2.02. The summed E-state index contributed by atoms with van der Waals surface area (Å²) in [4.78, 5) is 1.95. The van der Waals surface area contributed by atoms with Crippen molar-refractivity contribution in [1.82, 2.24) is 4.90 Å². The first-order chi connectivity index (χ1) is 8.65. The van der Waals surface area contributed by atoms with Crippen molar-refractivity contribution in [2.45, 2.75) is 6.92 Å². The molecule has 92 valence electrons. The van der Waals surface area contributed by atoms with E-state index in [0.29, 0.717) is 0 Å². The number of allylic oxidation sites excluding steroid dienone is 3. The molecular formula is C14H16N4. The van der Waals surface area contributed by atoms with Crippen molar-refractivity contribution in [2.24, 2.45) is 10.2 Å². The zero-order valence-corrected chi connectivity index (χ0v) is 10.5. The molecule has 1 aromatic carbocycles. The molecule has 0 unspecified atom stereocenters. The first-order valence-corrected chi connectivity index (χ1v) is 5.71. The van der Waals surface area contributed by atoms with Gasteiger partial charge in [-0.1, -0.05) is 6.08 Å². The van der Waals surface area contributed by atoms with Crippen molar-refractivity contribution in [3.8, 4) is 0 Å². The number of hydrogen-bond donors (Lipinski definition) is 1. The monoisotopic (exact) mass is 240 g/mol. The van der Waals surface area contributed by atoms with Crippen LogP contribution in [-0.4, -0.2) is 11.9 Å². The minimum Gasteiger partial charge on any atom is -0.399 e.